The van der Waals surface area contributed by atoms with Crippen LogP contribution in [0.4, 0.5) is 11.4 Å². The minimum Gasteiger partial charge on any atom is -0.507 e. The number of para-hydroxylation sites is 1. The van der Waals surface area contributed by atoms with Crippen LogP contribution in [0.3, 0.4) is 0 Å². The zero-order chi connectivity index (χ0) is 25.6. The smallest absolute Gasteiger partial charge is 0.221 e. The molecule has 0 atom stereocenters. The van der Waals surface area contributed by atoms with Gasteiger partial charge in [-0.1, -0.05) is 62.4 Å². The molecule has 0 fully saturated rings. The summed E-state index contributed by atoms with van der Waals surface area (Å²) in [5.41, 5.74) is 7.46. The van der Waals surface area contributed by atoms with E-state index in [0.29, 0.717) is 11.6 Å². The predicted molar refractivity (Wildman–Crippen MR) is 148 cm³/mol. The Balaban J connectivity index is 1.31. The zero-order valence-electron chi connectivity index (χ0n) is 21.0. The van der Waals surface area contributed by atoms with Crippen molar-refractivity contribution in [2.45, 2.75) is 19.3 Å². The minimum atomic E-state index is -0.219. The number of hydrogen-bond acceptors (Lipinski definition) is 5. The molecule has 0 bridgehead atoms. The first-order valence-electron chi connectivity index (χ1n) is 12.3. The molecule has 1 aliphatic carbocycles. The quantitative estimate of drug-likeness (QED) is 0.276. The summed E-state index contributed by atoms with van der Waals surface area (Å²) in [6.07, 6.45) is 1.75. The maximum Gasteiger partial charge on any atom is 0.221 e. The number of anilines is 2. The number of aromatic nitrogens is 2. The lowest BCUT2D eigenvalue weighted by atomic mass is 9.83. The molecule has 0 aliphatic heterocycles. The van der Waals surface area contributed by atoms with Crippen molar-refractivity contribution >= 4 is 11.4 Å². The first-order valence-corrected chi connectivity index (χ1v) is 12.3. The summed E-state index contributed by atoms with van der Waals surface area (Å²) >= 11 is 0. The van der Waals surface area contributed by atoms with E-state index in [9.17, 15) is 5.11 Å². The van der Waals surface area contributed by atoms with Crippen LogP contribution in [0.25, 0.3) is 22.5 Å². The maximum atomic E-state index is 10.6. The highest BCUT2D eigenvalue weighted by atomic mass is 16.5. The number of fused-ring (bicyclic) bond motifs is 3. The molecule has 5 heteroatoms. The van der Waals surface area contributed by atoms with Crippen LogP contribution in [0.15, 0.2) is 103 Å². The maximum absolute atomic E-state index is 10.6. The van der Waals surface area contributed by atoms with E-state index in [2.05, 4.69) is 48.0 Å². The number of ether oxygens (including phenoxy) is 1. The fraction of sp³-hybridized carbons (Fsp3) is 0.125. The van der Waals surface area contributed by atoms with Gasteiger partial charge < -0.3 is 14.7 Å². The molecule has 2 aromatic heterocycles. The van der Waals surface area contributed by atoms with Crippen molar-refractivity contribution in [1.29, 1.82) is 0 Å². The summed E-state index contributed by atoms with van der Waals surface area (Å²) < 4.78 is 6.16. The third-order valence-electron chi connectivity index (χ3n) is 7.12. The summed E-state index contributed by atoms with van der Waals surface area (Å²) in [5, 5.41) is 10.6. The Morgan fingerprint density at radius 2 is 1.59 bits per heavy atom. The van der Waals surface area contributed by atoms with E-state index in [1.807, 2.05) is 73.8 Å². The van der Waals surface area contributed by atoms with E-state index < -0.39 is 0 Å². The van der Waals surface area contributed by atoms with Crippen LogP contribution in [0.5, 0.6) is 17.4 Å². The fourth-order valence-electron chi connectivity index (χ4n) is 5.07. The molecule has 5 aromatic rings. The van der Waals surface area contributed by atoms with Crippen LogP contribution in [0, 0.1) is 0 Å². The van der Waals surface area contributed by atoms with Crippen molar-refractivity contribution in [1.82, 2.24) is 9.97 Å². The van der Waals surface area contributed by atoms with Crippen LogP contribution in [-0.4, -0.2) is 22.1 Å². The van der Waals surface area contributed by atoms with Gasteiger partial charge in [0, 0.05) is 47.2 Å². The molecule has 3 aromatic carbocycles. The number of phenols is 1. The molecule has 0 saturated heterocycles. The third-order valence-corrected chi connectivity index (χ3v) is 7.12. The number of benzene rings is 3. The second-order valence-corrected chi connectivity index (χ2v) is 9.79. The average Bonchev–Trinajstić information content (AvgIpc) is 3.16. The van der Waals surface area contributed by atoms with Gasteiger partial charge in [0.15, 0.2) is 0 Å². The molecule has 1 N–H and O–H groups in total. The van der Waals surface area contributed by atoms with Crippen molar-refractivity contribution < 1.29 is 9.84 Å². The van der Waals surface area contributed by atoms with E-state index in [1.165, 1.54) is 0 Å². The Labute approximate surface area is 216 Å². The lowest BCUT2D eigenvalue weighted by Gasteiger charge is -2.21. The van der Waals surface area contributed by atoms with Gasteiger partial charge in [0.2, 0.25) is 5.88 Å². The molecule has 0 amide bonds. The molecule has 37 heavy (non-hydrogen) atoms. The lowest BCUT2D eigenvalue weighted by Crippen LogP contribution is -2.14. The van der Waals surface area contributed by atoms with Gasteiger partial charge in [0.25, 0.3) is 0 Å². The highest BCUT2D eigenvalue weighted by Crippen LogP contribution is 2.51. The van der Waals surface area contributed by atoms with Gasteiger partial charge in [-0.3, -0.25) is 0 Å². The van der Waals surface area contributed by atoms with Crippen molar-refractivity contribution in [2.75, 3.05) is 11.9 Å². The van der Waals surface area contributed by atoms with Gasteiger partial charge in [0.05, 0.1) is 11.4 Å². The molecule has 182 valence electrons. The monoisotopic (exact) mass is 485 g/mol. The molecule has 0 spiro atoms. The third kappa shape index (κ3) is 3.99. The van der Waals surface area contributed by atoms with Crippen LogP contribution in [-0.2, 0) is 5.41 Å². The summed E-state index contributed by atoms with van der Waals surface area (Å²) in [7, 11) is 2.02. The molecular weight excluding hydrogens is 458 g/mol. The second kappa shape index (κ2) is 8.79. The molecule has 0 radical (unpaired) electrons. The van der Waals surface area contributed by atoms with Crippen molar-refractivity contribution in [3.8, 4) is 39.9 Å². The van der Waals surface area contributed by atoms with E-state index in [4.69, 9.17) is 9.72 Å². The first-order chi connectivity index (χ1) is 17.9. The Bertz CT molecular complexity index is 1610. The van der Waals surface area contributed by atoms with E-state index in [-0.39, 0.29) is 11.2 Å². The highest BCUT2D eigenvalue weighted by Gasteiger charge is 2.38. The molecule has 6 rings (SSSR count). The highest BCUT2D eigenvalue weighted by molar-refractivity contribution is 5.83. The number of phenolic OH excluding ortho intramolecular Hbond substituents is 1. The van der Waals surface area contributed by atoms with Crippen molar-refractivity contribution in [3.63, 3.8) is 0 Å². The minimum absolute atomic E-state index is 0.219. The Kier molecular flexibility index (Phi) is 5.41. The van der Waals surface area contributed by atoms with Crippen LogP contribution < -0.4 is 9.64 Å². The zero-order valence-corrected chi connectivity index (χ0v) is 21.0. The SMILES string of the molecule is CN(c1ccccc1)c1ccnc(Oc2cccc(-c3ccc4c(n3)-c3c(O)cccc3C4(C)C)c2)c1. The molecule has 2 heterocycles. The Morgan fingerprint density at radius 3 is 2.43 bits per heavy atom. The predicted octanol–water partition coefficient (Wildman–Crippen LogP) is 7.72. The van der Waals surface area contributed by atoms with Gasteiger partial charge in [-0.2, -0.15) is 0 Å². The van der Waals surface area contributed by atoms with E-state index >= 15 is 0 Å². The van der Waals surface area contributed by atoms with Gasteiger partial charge >= 0.3 is 0 Å². The second-order valence-electron chi connectivity index (χ2n) is 9.79. The largest absolute Gasteiger partial charge is 0.507 e. The average molecular weight is 486 g/mol. The van der Waals surface area contributed by atoms with Crippen LogP contribution >= 0.6 is 0 Å². The Hall–Kier alpha value is -4.64. The number of rotatable bonds is 5. The summed E-state index contributed by atoms with van der Waals surface area (Å²) in [5.74, 6) is 1.45. The topological polar surface area (TPSA) is 58.5 Å². The summed E-state index contributed by atoms with van der Waals surface area (Å²) in [6, 6.07) is 31.7. The van der Waals surface area contributed by atoms with Gasteiger partial charge in [-0.25, -0.2) is 9.97 Å². The standard InChI is InChI=1S/C32H27N3O2/c1-32(2)25-13-8-14-28(36)30(25)31-26(32)15-16-27(34-31)21-9-7-12-24(19-21)37-29-20-23(17-18-33-29)35(3)22-10-5-4-6-11-22/h4-20,36H,1-3H3. The van der Waals surface area contributed by atoms with E-state index in [0.717, 1.165) is 45.0 Å². The van der Waals surface area contributed by atoms with Gasteiger partial charge in [-0.05, 0) is 53.6 Å². The van der Waals surface area contributed by atoms with Crippen LogP contribution in [0.2, 0.25) is 0 Å². The number of pyridine rings is 2. The van der Waals surface area contributed by atoms with Gasteiger partial charge in [0.1, 0.15) is 11.5 Å². The summed E-state index contributed by atoms with van der Waals surface area (Å²) in [4.78, 5) is 11.5. The van der Waals surface area contributed by atoms with Crippen molar-refractivity contribution in [3.05, 3.63) is 114 Å². The molecule has 0 saturated carbocycles. The normalized spacial score (nSPS) is 13.1. The molecule has 1 aliphatic rings. The van der Waals surface area contributed by atoms with E-state index in [1.54, 1.807) is 12.3 Å². The fourth-order valence-corrected chi connectivity index (χ4v) is 5.07. The Morgan fingerprint density at radius 1 is 0.784 bits per heavy atom. The van der Waals surface area contributed by atoms with Crippen LogP contribution in [0.1, 0.15) is 25.0 Å². The number of aromatic hydroxyl groups is 1. The number of hydrogen-bond donors (Lipinski definition) is 1. The molecule has 5 nitrogen and oxygen atoms in total. The molecule has 0 unspecified atom stereocenters. The van der Waals surface area contributed by atoms with Gasteiger partial charge in [-0.15, -0.1) is 0 Å². The first kappa shape index (κ1) is 22.8. The summed E-state index contributed by atoms with van der Waals surface area (Å²) in [6.45, 7) is 4.34. The lowest BCUT2D eigenvalue weighted by molar-refractivity contribution is 0.463. The number of nitrogens with zero attached hydrogens (tertiary/aromatic N) is 3. The van der Waals surface area contributed by atoms with Crippen molar-refractivity contribution in [2.24, 2.45) is 0 Å². The molecular formula is C32H27N3O2.